The summed E-state index contributed by atoms with van der Waals surface area (Å²) in [6, 6.07) is 6.42. The maximum absolute atomic E-state index is 14.4. The SMILES string of the molecule is CCc1c(N2CCN(C(=O)c3c(O)ccc4ncoc34)CC2)c(=O)c2nn(-c3ccnc(OC)c3)nc2n1CC(=O)NC12CC(C3CC3)(C1)C2. The number of piperazine rings is 1. The van der Waals surface area contributed by atoms with E-state index < -0.39 is 0 Å². The lowest BCUT2D eigenvalue weighted by molar-refractivity contribution is -0.176. The molecule has 4 saturated carbocycles. The van der Waals surface area contributed by atoms with Crippen LogP contribution in [0, 0.1) is 11.3 Å². The fourth-order valence-corrected chi connectivity index (χ4v) is 8.75. The molecule has 2 amide bonds. The summed E-state index contributed by atoms with van der Waals surface area (Å²) in [6.07, 6.45) is 9.04. The molecule has 2 N–H and O–H groups in total. The first-order valence-corrected chi connectivity index (χ1v) is 17.1. The lowest BCUT2D eigenvalue weighted by Crippen LogP contribution is -2.75. The van der Waals surface area contributed by atoms with E-state index in [4.69, 9.17) is 14.3 Å². The number of rotatable bonds is 9. The van der Waals surface area contributed by atoms with Gasteiger partial charge in [0.15, 0.2) is 23.1 Å². The van der Waals surface area contributed by atoms with Gasteiger partial charge in [0, 0.05) is 49.7 Å². The normalized spacial score (nSPS) is 22.8. The summed E-state index contributed by atoms with van der Waals surface area (Å²) in [5.41, 5.74) is 2.92. The fourth-order valence-electron chi connectivity index (χ4n) is 8.75. The molecule has 4 aromatic heterocycles. The van der Waals surface area contributed by atoms with Crippen LogP contribution < -0.4 is 20.4 Å². The number of hydrogen-bond donors (Lipinski definition) is 2. The van der Waals surface area contributed by atoms with Gasteiger partial charge < -0.3 is 33.9 Å². The van der Waals surface area contributed by atoms with Crippen molar-refractivity contribution in [1.82, 2.24) is 39.7 Å². The monoisotopic (exact) mass is 679 g/mol. The molecular formula is C35H37N9O6. The Morgan fingerprint density at radius 1 is 1.08 bits per heavy atom. The summed E-state index contributed by atoms with van der Waals surface area (Å²) in [7, 11) is 1.52. The standard InChI is InChI=1S/C35H37N9O6/c1-3-23-29(41-10-12-42(13-11-41)33(48)27-24(45)7-6-22-31(27)50-19-37-22)30(47)28-32(40-44(39-28)21-8-9-36-26(14-21)49-2)43(23)15-25(46)38-35-16-34(17-35,18-35)20-4-5-20/h6-9,14,19-20,45H,3-5,10-13,15-18H2,1-2H3,(H,38,46). The molecule has 258 valence electrons. The van der Waals surface area contributed by atoms with Gasteiger partial charge >= 0.3 is 0 Å². The Bertz CT molecular complexity index is 2240. The highest BCUT2D eigenvalue weighted by molar-refractivity contribution is 6.06. The van der Waals surface area contributed by atoms with E-state index in [1.807, 2.05) is 16.4 Å². The highest BCUT2D eigenvalue weighted by Crippen LogP contribution is 2.75. The molecule has 4 aliphatic carbocycles. The van der Waals surface area contributed by atoms with Crippen LogP contribution in [0.3, 0.4) is 0 Å². The molecule has 0 radical (unpaired) electrons. The summed E-state index contributed by atoms with van der Waals surface area (Å²) in [5.74, 6) is 0.525. The van der Waals surface area contributed by atoms with Crippen molar-refractivity contribution in [1.29, 1.82) is 0 Å². The molecule has 1 aromatic carbocycles. The predicted molar refractivity (Wildman–Crippen MR) is 181 cm³/mol. The van der Waals surface area contributed by atoms with Gasteiger partial charge in [0.05, 0.1) is 12.8 Å². The number of aromatic hydroxyl groups is 1. The number of pyridine rings is 2. The number of benzene rings is 1. The lowest BCUT2D eigenvalue weighted by Gasteiger charge is -2.71. The third kappa shape index (κ3) is 4.66. The van der Waals surface area contributed by atoms with Gasteiger partial charge in [-0.2, -0.15) is 0 Å². The Labute approximate surface area is 285 Å². The van der Waals surface area contributed by atoms with Crippen LogP contribution in [-0.2, 0) is 17.8 Å². The summed E-state index contributed by atoms with van der Waals surface area (Å²) in [5, 5.41) is 23.3. The number of anilines is 1. The number of oxazole rings is 1. The summed E-state index contributed by atoms with van der Waals surface area (Å²) < 4.78 is 12.6. The number of amides is 2. The van der Waals surface area contributed by atoms with E-state index in [1.54, 1.807) is 29.3 Å². The Kier molecular flexibility index (Phi) is 6.74. The van der Waals surface area contributed by atoms with Gasteiger partial charge in [-0.3, -0.25) is 14.4 Å². The smallest absolute Gasteiger partial charge is 0.261 e. The molecule has 5 aliphatic rings. The highest BCUT2D eigenvalue weighted by atomic mass is 16.5. The number of phenols is 1. The minimum Gasteiger partial charge on any atom is -0.507 e. The van der Waals surface area contributed by atoms with Crippen molar-refractivity contribution in [3.63, 3.8) is 0 Å². The maximum Gasteiger partial charge on any atom is 0.261 e. The van der Waals surface area contributed by atoms with E-state index in [-0.39, 0.29) is 51.7 Å². The number of aromatic nitrogens is 6. The molecule has 50 heavy (non-hydrogen) atoms. The van der Waals surface area contributed by atoms with Crippen molar-refractivity contribution in [2.45, 2.75) is 57.5 Å². The van der Waals surface area contributed by atoms with Gasteiger partial charge in [-0.1, -0.05) is 6.92 Å². The van der Waals surface area contributed by atoms with Gasteiger partial charge in [0.2, 0.25) is 17.2 Å². The van der Waals surface area contributed by atoms with Gasteiger partial charge in [0.1, 0.15) is 29.1 Å². The second-order valence-electron chi connectivity index (χ2n) is 14.2. The number of ether oxygens (including phenoxy) is 1. The fraction of sp³-hybridized carbons (Fsp3) is 0.457. The molecule has 0 spiro atoms. The first-order valence-electron chi connectivity index (χ1n) is 17.1. The average molecular weight is 680 g/mol. The largest absolute Gasteiger partial charge is 0.507 e. The van der Waals surface area contributed by atoms with E-state index >= 15 is 0 Å². The molecule has 5 heterocycles. The lowest BCUT2D eigenvalue weighted by atomic mass is 9.37. The number of carbonyl (C=O) groups is 2. The number of methoxy groups -OCH3 is 1. The van der Waals surface area contributed by atoms with Gasteiger partial charge in [-0.25, -0.2) is 9.97 Å². The predicted octanol–water partition coefficient (Wildman–Crippen LogP) is 2.81. The summed E-state index contributed by atoms with van der Waals surface area (Å²) >= 11 is 0. The molecule has 5 fully saturated rings. The molecule has 5 aromatic rings. The molecule has 1 saturated heterocycles. The van der Waals surface area contributed by atoms with Crippen LogP contribution in [0.4, 0.5) is 5.69 Å². The zero-order valence-electron chi connectivity index (χ0n) is 27.9. The van der Waals surface area contributed by atoms with Crippen molar-refractivity contribution in [3.8, 4) is 17.3 Å². The van der Waals surface area contributed by atoms with Crippen LogP contribution >= 0.6 is 0 Å². The molecule has 0 atom stereocenters. The van der Waals surface area contributed by atoms with Gasteiger partial charge in [0.25, 0.3) is 5.91 Å². The summed E-state index contributed by atoms with van der Waals surface area (Å²) in [4.78, 5) is 55.0. The van der Waals surface area contributed by atoms with Crippen LogP contribution in [-0.4, -0.2) is 90.2 Å². The van der Waals surface area contributed by atoms with E-state index in [0.29, 0.717) is 72.1 Å². The third-order valence-corrected chi connectivity index (χ3v) is 11.2. The number of phenolic OH excluding ortho intramolecular Hbond substituents is 1. The molecule has 15 nitrogen and oxygen atoms in total. The number of hydrogen-bond acceptors (Lipinski definition) is 11. The Morgan fingerprint density at radius 2 is 1.86 bits per heavy atom. The zero-order chi connectivity index (χ0) is 34.4. The van der Waals surface area contributed by atoms with E-state index in [0.717, 1.165) is 25.2 Å². The minimum absolute atomic E-state index is 0.0115. The van der Waals surface area contributed by atoms with Crippen molar-refractivity contribution in [3.05, 3.63) is 58.3 Å². The second-order valence-corrected chi connectivity index (χ2v) is 14.2. The Balaban J connectivity index is 1.05. The number of carbonyl (C=O) groups excluding carboxylic acids is 2. The van der Waals surface area contributed by atoms with Crippen LogP contribution in [0.1, 0.15) is 55.1 Å². The first-order chi connectivity index (χ1) is 24.2. The molecular weight excluding hydrogens is 642 g/mol. The Hall–Kier alpha value is -5.47. The van der Waals surface area contributed by atoms with E-state index in [9.17, 15) is 19.5 Å². The average Bonchev–Trinajstić information content (AvgIpc) is 3.64. The first kappa shape index (κ1) is 30.6. The van der Waals surface area contributed by atoms with Gasteiger partial charge in [-0.15, -0.1) is 15.0 Å². The minimum atomic E-state index is -0.377. The topological polar surface area (TPSA) is 174 Å². The molecule has 10 rings (SSSR count). The zero-order valence-corrected chi connectivity index (χ0v) is 27.9. The number of nitrogens with one attached hydrogen (secondary N) is 1. The molecule has 15 heteroatoms. The van der Waals surface area contributed by atoms with E-state index in [1.165, 1.54) is 37.2 Å². The van der Waals surface area contributed by atoms with Crippen LogP contribution in [0.5, 0.6) is 11.6 Å². The van der Waals surface area contributed by atoms with Crippen LogP contribution in [0.2, 0.25) is 0 Å². The second kappa shape index (κ2) is 11.0. The number of nitrogens with zero attached hydrogens (tertiary/aromatic N) is 8. The van der Waals surface area contributed by atoms with Crippen LogP contribution in [0.25, 0.3) is 28.0 Å². The third-order valence-electron chi connectivity index (χ3n) is 11.2. The number of fused-ring (bicyclic) bond motifs is 2. The van der Waals surface area contributed by atoms with Crippen molar-refractivity contribution in [2.24, 2.45) is 11.3 Å². The van der Waals surface area contributed by atoms with Crippen molar-refractivity contribution < 1.29 is 23.8 Å². The quantitative estimate of drug-likeness (QED) is 0.235. The maximum atomic E-state index is 14.4. The van der Waals surface area contributed by atoms with E-state index in [2.05, 4.69) is 20.4 Å². The molecule has 0 unspecified atom stereocenters. The van der Waals surface area contributed by atoms with Crippen LogP contribution in [0.15, 0.2) is 46.1 Å². The van der Waals surface area contributed by atoms with Crippen molar-refractivity contribution >= 4 is 39.8 Å². The molecule has 1 aliphatic heterocycles. The molecule has 2 bridgehead atoms. The van der Waals surface area contributed by atoms with Crippen molar-refractivity contribution in [2.75, 3.05) is 38.2 Å². The Morgan fingerprint density at radius 3 is 2.58 bits per heavy atom. The summed E-state index contributed by atoms with van der Waals surface area (Å²) in [6.45, 7) is 3.22. The highest BCUT2D eigenvalue weighted by Gasteiger charge is 2.72. The van der Waals surface area contributed by atoms with Gasteiger partial charge in [-0.05, 0) is 68.1 Å².